The number of phenolic OH excluding ortho intramolecular Hbond substituents is 1. The number of hydrogen-bond donors (Lipinski definition) is 2. The van der Waals surface area contributed by atoms with Crippen LogP contribution in [0.2, 0.25) is 0 Å². The Hall–Kier alpha value is -3.09. The van der Waals surface area contributed by atoms with Gasteiger partial charge < -0.3 is 19.8 Å². The minimum atomic E-state index is -0.669. The first-order valence-corrected chi connectivity index (χ1v) is 10.5. The van der Waals surface area contributed by atoms with Crippen molar-refractivity contribution in [2.24, 2.45) is 0 Å². The number of aryl methyl sites for hydroxylation is 1. The number of piperazine rings is 1. The molecule has 2 N–H and O–H groups in total. The second kappa shape index (κ2) is 8.96. The van der Waals surface area contributed by atoms with Crippen LogP contribution in [-0.2, 0) is 4.79 Å². The number of aromatic hydroxyl groups is 1. The summed E-state index contributed by atoms with van der Waals surface area (Å²) in [5, 5.41) is 22.2. The number of likely N-dealkylation sites (N-methyl/N-ethyl adjacent to an activating group) is 1. The van der Waals surface area contributed by atoms with Crippen molar-refractivity contribution in [2.45, 2.75) is 13.0 Å². The lowest BCUT2D eigenvalue weighted by atomic mass is 9.97. The van der Waals surface area contributed by atoms with Gasteiger partial charge in [-0.25, -0.2) is 0 Å². The molecule has 1 atom stereocenters. The number of carbonyl (C=O) groups is 1. The highest BCUT2D eigenvalue weighted by Gasteiger charge is 2.22. The minimum Gasteiger partial charge on any atom is -0.508 e. The molecule has 0 spiro atoms. The van der Waals surface area contributed by atoms with Crippen LogP contribution in [0, 0.1) is 6.92 Å². The number of carbonyl (C=O) groups excluding carboxylic acids is 1. The van der Waals surface area contributed by atoms with Crippen molar-refractivity contribution in [3.05, 3.63) is 60.2 Å². The van der Waals surface area contributed by atoms with Gasteiger partial charge in [0.05, 0.1) is 6.54 Å². The zero-order valence-corrected chi connectivity index (χ0v) is 17.9. The van der Waals surface area contributed by atoms with Gasteiger partial charge in [0.1, 0.15) is 24.2 Å². The lowest BCUT2D eigenvalue weighted by Gasteiger charge is -2.32. The van der Waals surface area contributed by atoms with Crippen molar-refractivity contribution >= 4 is 16.7 Å². The quantitative estimate of drug-likeness (QED) is 0.641. The van der Waals surface area contributed by atoms with E-state index in [-0.39, 0.29) is 18.3 Å². The number of phenols is 1. The van der Waals surface area contributed by atoms with Crippen LogP contribution in [0.25, 0.3) is 21.9 Å². The number of aliphatic hydroxyl groups is 1. The van der Waals surface area contributed by atoms with Gasteiger partial charge >= 0.3 is 0 Å². The Balaban J connectivity index is 1.43. The van der Waals surface area contributed by atoms with Gasteiger partial charge in [0, 0.05) is 26.7 Å². The Morgan fingerprint density at radius 3 is 2.61 bits per heavy atom. The maximum Gasteiger partial charge on any atom is 0.236 e. The molecule has 0 radical (unpaired) electrons. The van der Waals surface area contributed by atoms with Crippen LogP contribution >= 0.6 is 0 Å². The zero-order chi connectivity index (χ0) is 22.0. The van der Waals surface area contributed by atoms with E-state index >= 15 is 0 Å². The fourth-order valence-corrected chi connectivity index (χ4v) is 3.96. The number of nitrogens with zero attached hydrogens (tertiary/aromatic N) is 2. The number of benzene rings is 3. The SMILES string of the molecule is Cc1cc(O)ccc1-c1ccc2ccc(OCC(O)CN3CCN(C)C(=O)C3)cc2c1. The van der Waals surface area contributed by atoms with Gasteiger partial charge in [-0.2, -0.15) is 0 Å². The molecule has 0 bridgehead atoms. The smallest absolute Gasteiger partial charge is 0.236 e. The summed E-state index contributed by atoms with van der Waals surface area (Å²) in [6, 6.07) is 17.5. The van der Waals surface area contributed by atoms with Crippen LogP contribution in [0.5, 0.6) is 11.5 Å². The number of fused-ring (bicyclic) bond motifs is 1. The monoisotopic (exact) mass is 420 g/mol. The molecule has 1 saturated heterocycles. The summed E-state index contributed by atoms with van der Waals surface area (Å²) in [6.45, 7) is 4.34. The minimum absolute atomic E-state index is 0.0774. The van der Waals surface area contributed by atoms with Crippen molar-refractivity contribution in [1.29, 1.82) is 0 Å². The standard InChI is InChI=1S/C25H28N2O4/c1-17-11-21(28)6-8-24(17)19-4-3-18-5-7-23(13-20(18)12-19)31-16-22(29)14-27-10-9-26(2)25(30)15-27/h3-8,11-13,22,28-29H,9-10,14-16H2,1-2H3. The largest absolute Gasteiger partial charge is 0.508 e. The molecule has 31 heavy (non-hydrogen) atoms. The Morgan fingerprint density at radius 1 is 1.03 bits per heavy atom. The predicted molar refractivity (Wildman–Crippen MR) is 121 cm³/mol. The molecule has 6 nitrogen and oxygen atoms in total. The first kappa shape index (κ1) is 21.2. The zero-order valence-electron chi connectivity index (χ0n) is 17.9. The van der Waals surface area contributed by atoms with Crippen LogP contribution in [0.3, 0.4) is 0 Å². The molecule has 1 aliphatic heterocycles. The molecule has 162 valence electrons. The normalized spacial score (nSPS) is 16.0. The Labute approximate surface area is 182 Å². The molecule has 1 unspecified atom stereocenters. The summed E-state index contributed by atoms with van der Waals surface area (Å²) in [6.07, 6.45) is -0.669. The summed E-state index contributed by atoms with van der Waals surface area (Å²) in [4.78, 5) is 15.5. The van der Waals surface area contributed by atoms with E-state index in [4.69, 9.17) is 4.74 Å². The van der Waals surface area contributed by atoms with Gasteiger partial charge in [-0.3, -0.25) is 9.69 Å². The van der Waals surface area contributed by atoms with Crippen molar-refractivity contribution in [2.75, 3.05) is 39.8 Å². The average Bonchev–Trinajstić information content (AvgIpc) is 2.74. The first-order valence-electron chi connectivity index (χ1n) is 10.5. The molecule has 4 rings (SSSR count). The number of rotatable bonds is 6. The topological polar surface area (TPSA) is 73.2 Å². The van der Waals surface area contributed by atoms with Crippen LogP contribution in [0.1, 0.15) is 5.56 Å². The summed E-state index contributed by atoms with van der Waals surface area (Å²) in [7, 11) is 1.80. The molecule has 3 aromatic carbocycles. The third-order valence-corrected chi connectivity index (χ3v) is 5.78. The van der Waals surface area contributed by atoms with Crippen molar-refractivity contribution in [3.63, 3.8) is 0 Å². The maximum absolute atomic E-state index is 11.8. The molecule has 3 aromatic rings. The fraction of sp³-hybridized carbons (Fsp3) is 0.320. The van der Waals surface area contributed by atoms with Gasteiger partial charge in [-0.05, 0) is 64.7 Å². The van der Waals surface area contributed by atoms with Gasteiger partial charge in [0.25, 0.3) is 0 Å². The van der Waals surface area contributed by atoms with E-state index in [1.54, 1.807) is 24.1 Å². The molecule has 1 heterocycles. The highest BCUT2D eigenvalue weighted by molar-refractivity contribution is 5.89. The Bertz CT molecular complexity index is 1100. The van der Waals surface area contributed by atoms with Crippen LogP contribution in [-0.4, -0.2) is 71.9 Å². The number of amides is 1. The van der Waals surface area contributed by atoms with E-state index < -0.39 is 6.10 Å². The second-order valence-electron chi connectivity index (χ2n) is 8.24. The number of β-amino-alcohol motifs (C(OH)–C–C–N with tert-alkyl or cyclic N) is 1. The van der Waals surface area contributed by atoms with Gasteiger partial charge in [-0.15, -0.1) is 0 Å². The van der Waals surface area contributed by atoms with Crippen molar-refractivity contribution in [1.82, 2.24) is 9.80 Å². The second-order valence-corrected chi connectivity index (χ2v) is 8.24. The first-order chi connectivity index (χ1) is 14.9. The predicted octanol–water partition coefficient (Wildman–Crippen LogP) is 3.03. The molecule has 0 aliphatic carbocycles. The lowest BCUT2D eigenvalue weighted by molar-refractivity contribution is -0.135. The highest BCUT2D eigenvalue weighted by Crippen LogP contribution is 2.30. The van der Waals surface area contributed by atoms with Crippen molar-refractivity contribution < 1.29 is 19.7 Å². The summed E-state index contributed by atoms with van der Waals surface area (Å²) in [5.74, 6) is 1.03. The van der Waals surface area contributed by atoms with E-state index in [1.807, 2.05) is 36.1 Å². The number of aliphatic hydroxyl groups excluding tert-OH is 1. The van der Waals surface area contributed by atoms with Gasteiger partial charge in [0.15, 0.2) is 0 Å². The van der Waals surface area contributed by atoms with E-state index in [9.17, 15) is 15.0 Å². The van der Waals surface area contributed by atoms with Gasteiger partial charge in [0.2, 0.25) is 5.91 Å². The molecule has 1 amide bonds. The number of ether oxygens (including phenoxy) is 1. The fourth-order valence-electron chi connectivity index (χ4n) is 3.96. The molecule has 1 aliphatic rings. The van der Waals surface area contributed by atoms with E-state index in [2.05, 4.69) is 18.2 Å². The molecular weight excluding hydrogens is 392 g/mol. The molecular formula is C25H28N2O4. The lowest BCUT2D eigenvalue weighted by Crippen LogP contribution is -2.51. The third kappa shape index (κ3) is 4.98. The Morgan fingerprint density at radius 2 is 1.84 bits per heavy atom. The molecule has 6 heteroatoms. The summed E-state index contributed by atoms with van der Waals surface area (Å²) in [5.41, 5.74) is 3.15. The maximum atomic E-state index is 11.8. The van der Waals surface area contributed by atoms with E-state index in [0.717, 1.165) is 34.0 Å². The summed E-state index contributed by atoms with van der Waals surface area (Å²) >= 11 is 0. The highest BCUT2D eigenvalue weighted by atomic mass is 16.5. The molecule has 0 saturated carbocycles. The van der Waals surface area contributed by atoms with Crippen LogP contribution in [0.4, 0.5) is 0 Å². The van der Waals surface area contributed by atoms with E-state index in [0.29, 0.717) is 25.4 Å². The van der Waals surface area contributed by atoms with Crippen LogP contribution in [0.15, 0.2) is 54.6 Å². The Kier molecular flexibility index (Phi) is 6.11. The third-order valence-electron chi connectivity index (χ3n) is 5.78. The summed E-state index contributed by atoms with van der Waals surface area (Å²) < 4.78 is 5.85. The number of hydrogen-bond acceptors (Lipinski definition) is 5. The molecule has 1 fully saturated rings. The van der Waals surface area contributed by atoms with E-state index in [1.165, 1.54) is 0 Å². The molecule has 0 aromatic heterocycles. The van der Waals surface area contributed by atoms with Crippen molar-refractivity contribution in [3.8, 4) is 22.6 Å². The average molecular weight is 421 g/mol. The van der Waals surface area contributed by atoms with Gasteiger partial charge in [-0.1, -0.05) is 24.3 Å². The van der Waals surface area contributed by atoms with Crippen LogP contribution < -0.4 is 4.74 Å².